The number of nitrogens with two attached hydrogens (primary N) is 1. The Morgan fingerprint density at radius 3 is 2.64 bits per heavy atom. The lowest BCUT2D eigenvalue weighted by molar-refractivity contribution is 0.0697. The van der Waals surface area contributed by atoms with E-state index in [9.17, 15) is 9.59 Å². The van der Waals surface area contributed by atoms with Crippen molar-refractivity contribution in [2.24, 2.45) is 5.73 Å². The van der Waals surface area contributed by atoms with Gasteiger partial charge in [-0.25, -0.2) is 9.78 Å². The van der Waals surface area contributed by atoms with Gasteiger partial charge >= 0.3 is 5.97 Å². The highest BCUT2D eigenvalue weighted by Gasteiger charge is 2.15. The molecular weight excluding hydrogens is 356 g/mol. The molecule has 0 saturated carbocycles. The molecule has 7 heteroatoms. The molecule has 7 nitrogen and oxygen atoms in total. The summed E-state index contributed by atoms with van der Waals surface area (Å²) in [5.41, 5.74) is 8.77. The van der Waals surface area contributed by atoms with Gasteiger partial charge in [-0.05, 0) is 62.2 Å². The molecular formula is C21H24N4O3. The third-order valence-electron chi connectivity index (χ3n) is 4.59. The quantitative estimate of drug-likeness (QED) is 0.519. The number of hydrogen-bond acceptors (Lipinski definition) is 4. The van der Waals surface area contributed by atoms with Gasteiger partial charge in [-0.2, -0.15) is 0 Å². The van der Waals surface area contributed by atoms with Crippen molar-refractivity contribution in [3.05, 3.63) is 59.2 Å². The summed E-state index contributed by atoms with van der Waals surface area (Å²) in [4.78, 5) is 28.4. The van der Waals surface area contributed by atoms with Gasteiger partial charge in [0.05, 0.1) is 16.6 Å². The van der Waals surface area contributed by atoms with Crippen LogP contribution >= 0.6 is 0 Å². The Hall–Kier alpha value is -3.19. The fourth-order valence-corrected chi connectivity index (χ4v) is 3.12. The highest BCUT2D eigenvalue weighted by atomic mass is 16.4. The maximum Gasteiger partial charge on any atom is 0.335 e. The molecule has 0 radical (unpaired) electrons. The molecule has 0 bridgehead atoms. The first kappa shape index (κ1) is 19.6. The van der Waals surface area contributed by atoms with Crippen LogP contribution < -0.4 is 11.1 Å². The minimum Gasteiger partial charge on any atom is -0.478 e. The van der Waals surface area contributed by atoms with Crippen molar-refractivity contribution in [1.29, 1.82) is 0 Å². The summed E-state index contributed by atoms with van der Waals surface area (Å²) in [7, 11) is 0. The number of imidazole rings is 1. The van der Waals surface area contributed by atoms with Crippen molar-refractivity contribution in [2.75, 3.05) is 11.9 Å². The largest absolute Gasteiger partial charge is 0.478 e. The fraction of sp³-hybridized carbons (Fsp3) is 0.286. The molecule has 0 unspecified atom stereocenters. The zero-order chi connectivity index (χ0) is 20.1. The van der Waals surface area contributed by atoms with Gasteiger partial charge in [-0.3, -0.25) is 10.1 Å². The SMILES string of the molecule is Cc1ccc2c(c1)nc(NC(=O)c1cccc(C(=O)O)c1)n2CCCCCN. The number of hydrogen-bond donors (Lipinski definition) is 3. The molecule has 0 atom stereocenters. The number of carboxylic acids is 1. The van der Waals surface area contributed by atoms with Gasteiger partial charge < -0.3 is 15.4 Å². The number of aromatic nitrogens is 2. The number of nitrogens with one attached hydrogen (secondary N) is 1. The number of carbonyl (C=O) groups is 2. The van der Waals surface area contributed by atoms with Gasteiger partial charge in [0.2, 0.25) is 5.95 Å². The number of nitrogens with zero attached hydrogens (tertiary/aromatic N) is 2. The van der Waals surface area contributed by atoms with E-state index in [0.717, 1.165) is 35.9 Å². The monoisotopic (exact) mass is 380 g/mol. The molecule has 0 saturated heterocycles. The zero-order valence-electron chi connectivity index (χ0n) is 15.8. The Morgan fingerprint density at radius 1 is 1.11 bits per heavy atom. The number of benzene rings is 2. The van der Waals surface area contributed by atoms with Crippen LogP contribution in [0, 0.1) is 6.92 Å². The predicted molar refractivity (Wildman–Crippen MR) is 109 cm³/mol. The van der Waals surface area contributed by atoms with Crippen molar-refractivity contribution < 1.29 is 14.7 Å². The molecule has 0 aliphatic carbocycles. The van der Waals surface area contributed by atoms with Crippen LogP contribution in [-0.4, -0.2) is 33.1 Å². The van der Waals surface area contributed by atoms with Crippen LogP contribution in [0.25, 0.3) is 11.0 Å². The summed E-state index contributed by atoms with van der Waals surface area (Å²) in [6.07, 6.45) is 2.87. The second kappa shape index (κ2) is 8.67. The summed E-state index contributed by atoms with van der Waals surface area (Å²) in [6.45, 7) is 3.37. The molecule has 2 aromatic carbocycles. The maximum atomic E-state index is 12.7. The lowest BCUT2D eigenvalue weighted by Crippen LogP contribution is -2.17. The van der Waals surface area contributed by atoms with E-state index in [1.807, 2.05) is 29.7 Å². The van der Waals surface area contributed by atoms with E-state index in [0.29, 0.717) is 19.0 Å². The van der Waals surface area contributed by atoms with E-state index < -0.39 is 11.9 Å². The van der Waals surface area contributed by atoms with Crippen LogP contribution in [0.5, 0.6) is 0 Å². The van der Waals surface area contributed by atoms with Crippen molar-refractivity contribution in [2.45, 2.75) is 32.7 Å². The Labute approximate surface area is 163 Å². The average Bonchev–Trinajstić information content (AvgIpc) is 3.01. The third kappa shape index (κ3) is 4.37. The fourth-order valence-electron chi connectivity index (χ4n) is 3.12. The number of carboxylic acid groups (broad SMARTS) is 1. The molecule has 4 N–H and O–H groups in total. The van der Waals surface area contributed by atoms with Gasteiger partial charge in [0, 0.05) is 12.1 Å². The first-order valence-corrected chi connectivity index (χ1v) is 9.31. The Bertz CT molecular complexity index is 1010. The molecule has 0 fully saturated rings. The number of rotatable bonds is 8. The molecule has 3 aromatic rings. The van der Waals surface area contributed by atoms with Crippen molar-refractivity contribution >= 4 is 28.9 Å². The average molecular weight is 380 g/mol. The summed E-state index contributed by atoms with van der Waals surface area (Å²) in [6, 6.07) is 11.9. The lowest BCUT2D eigenvalue weighted by atomic mass is 10.1. The third-order valence-corrected chi connectivity index (χ3v) is 4.59. The highest BCUT2D eigenvalue weighted by Crippen LogP contribution is 2.22. The van der Waals surface area contributed by atoms with E-state index in [4.69, 9.17) is 10.8 Å². The Morgan fingerprint density at radius 2 is 1.89 bits per heavy atom. The number of unbranched alkanes of at least 4 members (excludes halogenated alkanes) is 2. The van der Waals surface area contributed by atoms with Crippen LogP contribution in [0.1, 0.15) is 45.5 Å². The zero-order valence-corrected chi connectivity index (χ0v) is 15.8. The van der Waals surface area contributed by atoms with Crippen molar-refractivity contribution in [3.63, 3.8) is 0 Å². The highest BCUT2D eigenvalue weighted by molar-refractivity contribution is 6.05. The molecule has 0 spiro atoms. The van der Waals surface area contributed by atoms with Gasteiger partial charge in [0.15, 0.2) is 0 Å². The lowest BCUT2D eigenvalue weighted by Gasteiger charge is -2.10. The summed E-state index contributed by atoms with van der Waals surface area (Å²) >= 11 is 0. The number of carbonyl (C=O) groups excluding carboxylic acids is 1. The number of amides is 1. The van der Waals surface area contributed by atoms with E-state index >= 15 is 0 Å². The Balaban J connectivity index is 1.89. The van der Waals surface area contributed by atoms with Gasteiger partial charge in [-0.1, -0.05) is 18.6 Å². The number of aryl methyl sites for hydroxylation is 2. The maximum absolute atomic E-state index is 12.7. The van der Waals surface area contributed by atoms with Gasteiger partial charge in [0.25, 0.3) is 5.91 Å². The topological polar surface area (TPSA) is 110 Å². The van der Waals surface area contributed by atoms with Crippen LogP contribution in [0.2, 0.25) is 0 Å². The van der Waals surface area contributed by atoms with Gasteiger partial charge in [0.1, 0.15) is 0 Å². The first-order chi connectivity index (χ1) is 13.5. The molecule has 146 valence electrons. The second-order valence-electron chi connectivity index (χ2n) is 6.77. The van der Waals surface area contributed by atoms with Crippen molar-refractivity contribution in [1.82, 2.24) is 9.55 Å². The number of fused-ring (bicyclic) bond motifs is 1. The summed E-state index contributed by atoms with van der Waals surface area (Å²) < 4.78 is 1.99. The molecule has 0 aliphatic heterocycles. The minimum atomic E-state index is -1.07. The standard InChI is InChI=1S/C21H24N4O3/c1-14-8-9-18-17(12-14)23-21(25(18)11-4-2-3-10-22)24-19(26)15-6-5-7-16(13-15)20(27)28/h5-9,12-13H,2-4,10-11,22H2,1H3,(H,27,28)(H,23,24,26). The molecule has 28 heavy (non-hydrogen) atoms. The second-order valence-corrected chi connectivity index (χ2v) is 6.77. The molecule has 3 rings (SSSR count). The molecule has 1 amide bonds. The summed E-state index contributed by atoms with van der Waals surface area (Å²) in [5, 5.41) is 12.0. The predicted octanol–water partition coefficient (Wildman–Crippen LogP) is 3.42. The molecule has 1 aromatic heterocycles. The number of aromatic carboxylic acids is 1. The van der Waals surface area contributed by atoms with Crippen LogP contribution in [0.15, 0.2) is 42.5 Å². The van der Waals surface area contributed by atoms with Gasteiger partial charge in [-0.15, -0.1) is 0 Å². The number of anilines is 1. The van der Waals surface area contributed by atoms with E-state index in [2.05, 4.69) is 10.3 Å². The van der Waals surface area contributed by atoms with E-state index in [1.54, 1.807) is 12.1 Å². The smallest absolute Gasteiger partial charge is 0.335 e. The van der Waals surface area contributed by atoms with Crippen LogP contribution in [0.3, 0.4) is 0 Å². The van der Waals surface area contributed by atoms with E-state index in [1.165, 1.54) is 12.1 Å². The summed E-state index contributed by atoms with van der Waals surface area (Å²) in [5.74, 6) is -1.00. The van der Waals surface area contributed by atoms with Crippen LogP contribution in [0.4, 0.5) is 5.95 Å². The molecule has 1 heterocycles. The van der Waals surface area contributed by atoms with Crippen LogP contribution in [-0.2, 0) is 6.54 Å². The Kier molecular flexibility index (Phi) is 6.06. The molecule has 0 aliphatic rings. The van der Waals surface area contributed by atoms with Crippen molar-refractivity contribution in [3.8, 4) is 0 Å². The first-order valence-electron chi connectivity index (χ1n) is 9.31. The minimum absolute atomic E-state index is 0.0681. The normalized spacial score (nSPS) is 10.9. The van der Waals surface area contributed by atoms with E-state index in [-0.39, 0.29) is 11.1 Å².